The number of methoxy groups -OCH3 is 1. The van der Waals surface area contributed by atoms with Crippen molar-refractivity contribution in [1.29, 1.82) is 0 Å². The van der Waals surface area contributed by atoms with Crippen molar-refractivity contribution in [2.75, 3.05) is 23.9 Å². The number of nitrogens with one attached hydrogen (secondary N) is 1. The molecule has 5 aromatic rings. The monoisotopic (exact) mass is 733 g/mol. The van der Waals surface area contributed by atoms with E-state index in [0.717, 1.165) is 11.1 Å². The Kier molecular flexibility index (Phi) is 10.0. The molecule has 1 fully saturated rings. The van der Waals surface area contributed by atoms with E-state index in [4.69, 9.17) is 9.47 Å². The molecule has 2 amide bonds. The van der Waals surface area contributed by atoms with Crippen molar-refractivity contribution < 1.29 is 28.3 Å². The van der Waals surface area contributed by atoms with Crippen LogP contribution < -0.4 is 15.0 Å². The molecule has 53 heavy (non-hydrogen) atoms. The van der Waals surface area contributed by atoms with Gasteiger partial charge in [-0.1, -0.05) is 72.8 Å². The number of hydrogen-bond donors (Lipinski definition) is 2. The zero-order valence-corrected chi connectivity index (χ0v) is 31.3. The lowest BCUT2D eigenvalue weighted by Gasteiger charge is -2.31. The van der Waals surface area contributed by atoms with Crippen LogP contribution in [0.5, 0.6) is 5.75 Å². The molecule has 7 rings (SSSR count). The van der Waals surface area contributed by atoms with Crippen molar-refractivity contribution in [3.8, 4) is 5.75 Å². The highest BCUT2D eigenvalue weighted by molar-refractivity contribution is 6.72. The Morgan fingerprint density at radius 2 is 1.74 bits per heavy atom. The summed E-state index contributed by atoms with van der Waals surface area (Å²) in [5, 5.41) is 21.9. The summed E-state index contributed by atoms with van der Waals surface area (Å²) < 4.78 is 30.5. The van der Waals surface area contributed by atoms with Gasteiger partial charge in [0, 0.05) is 41.0 Å². The van der Waals surface area contributed by atoms with E-state index in [1.54, 1.807) is 60.1 Å². The van der Waals surface area contributed by atoms with Gasteiger partial charge >= 0.3 is 0 Å². The van der Waals surface area contributed by atoms with Gasteiger partial charge in [0.2, 0.25) is 8.41 Å². The van der Waals surface area contributed by atoms with Gasteiger partial charge in [0.05, 0.1) is 43.7 Å². The second-order valence-corrected chi connectivity index (χ2v) is 18.2. The van der Waals surface area contributed by atoms with E-state index in [1.165, 1.54) is 0 Å². The maximum Gasteiger partial charge on any atom is 0.264 e. The van der Waals surface area contributed by atoms with Crippen LogP contribution in [0.1, 0.15) is 52.0 Å². The first-order valence-corrected chi connectivity index (χ1v) is 20.9. The fraction of sp³-hybridized carbons (Fsp3) is 0.317. The lowest BCUT2D eigenvalue weighted by molar-refractivity contribution is -0.146. The first-order valence-electron chi connectivity index (χ1n) is 17.9. The van der Waals surface area contributed by atoms with Crippen LogP contribution in [-0.2, 0) is 28.2 Å². The number of ether oxygens (including phenoxy) is 2. The second kappa shape index (κ2) is 14.7. The van der Waals surface area contributed by atoms with E-state index in [1.807, 2.05) is 85.9 Å². The Bertz CT molecular complexity index is 2070. The summed E-state index contributed by atoms with van der Waals surface area (Å²) in [7, 11) is -1.87. The molecule has 4 aromatic carbocycles. The number of aliphatic hydroxyl groups is 1. The van der Waals surface area contributed by atoms with Crippen LogP contribution in [0.25, 0.3) is 0 Å². The first-order chi connectivity index (χ1) is 25.5. The van der Waals surface area contributed by atoms with Crippen LogP contribution in [0.3, 0.4) is 0 Å². The van der Waals surface area contributed by atoms with Crippen LogP contribution in [-0.4, -0.2) is 60.1 Å². The summed E-state index contributed by atoms with van der Waals surface area (Å²) in [6, 6.07) is 31.6. The van der Waals surface area contributed by atoms with Crippen LogP contribution >= 0.6 is 0 Å². The summed E-state index contributed by atoms with van der Waals surface area (Å²) in [6.45, 7) is 5.84. The molecular formula is C41H44FN5O5Si. The predicted molar refractivity (Wildman–Crippen MR) is 203 cm³/mol. The molecule has 1 aromatic heterocycles. The van der Waals surface area contributed by atoms with Gasteiger partial charge in [-0.15, -0.1) is 5.10 Å². The normalized spacial score (nSPS) is 21.5. The van der Waals surface area contributed by atoms with Gasteiger partial charge in [0.25, 0.3) is 11.8 Å². The number of nitrogens with zero attached hydrogens (tertiary/aromatic N) is 4. The Labute approximate surface area is 309 Å². The van der Waals surface area contributed by atoms with E-state index in [2.05, 4.69) is 15.6 Å². The summed E-state index contributed by atoms with van der Waals surface area (Å²) >= 11 is 0. The molecule has 0 radical (unpaired) electrons. The van der Waals surface area contributed by atoms with Crippen molar-refractivity contribution >= 4 is 31.6 Å². The number of benzene rings is 4. The summed E-state index contributed by atoms with van der Waals surface area (Å²) in [5.41, 5.74) is 2.74. The van der Waals surface area contributed by atoms with Gasteiger partial charge in [0.15, 0.2) is 5.60 Å². The molecule has 0 bridgehead atoms. The molecule has 274 valence electrons. The Balaban J connectivity index is 1.21. The number of carbonyl (C=O) groups is 2. The Morgan fingerprint density at radius 3 is 2.40 bits per heavy atom. The zero-order chi connectivity index (χ0) is 37.3. The minimum atomic E-state index is -3.44. The molecule has 0 aliphatic carbocycles. The summed E-state index contributed by atoms with van der Waals surface area (Å²) in [4.78, 5) is 30.0. The van der Waals surface area contributed by atoms with E-state index in [0.29, 0.717) is 53.5 Å². The van der Waals surface area contributed by atoms with Crippen LogP contribution in [0.2, 0.25) is 18.6 Å². The number of rotatable bonds is 12. The standard InChI is InChI=1S/C41H44FN5O5Si/c1-27-38(53(3,4)42)37(21-22-46-25-35(44-45-46)33(26-48)29-13-9-6-10-14-29)52-41(27)34-23-31(43-39(49)30-15-18-32(51-2)19-16-30)17-20-36(34)47(40(41)50)24-28-11-7-5-8-12-28/h5-20,23,25,27,33,37-38,48H,21-22,24,26H2,1-4H3,(H,43,49)/t27-,33?,37+,38-,41+/m1/s1. The number of hydrogen-bond acceptors (Lipinski definition) is 7. The topological polar surface area (TPSA) is 119 Å². The third-order valence-electron chi connectivity index (χ3n) is 10.7. The minimum Gasteiger partial charge on any atom is -0.497 e. The summed E-state index contributed by atoms with van der Waals surface area (Å²) in [5.74, 6) is -0.765. The smallest absolute Gasteiger partial charge is 0.264 e. The van der Waals surface area contributed by atoms with Crippen LogP contribution in [0, 0.1) is 5.92 Å². The molecule has 1 spiro atoms. The number of anilines is 2. The largest absolute Gasteiger partial charge is 0.497 e. The van der Waals surface area contributed by atoms with Gasteiger partial charge < -0.3 is 28.9 Å². The molecule has 5 atom stereocenters. The number of aliphatic hydroxyl groups excluding tert-OH is 1. The lowest BCUT2D eigenvalue weighted by Crippen LogP contribution is -2.45. The second-order valence-electron chi connectivity index (χ2n) is 14.4. The fourth-order valence-corrected chi connectivity index (χ4v) is 10.7. The van der Waals surface area contributed by atoms with E-state index in [9.17, 15) is 14.7 Å². The number of carbonyl (C=O) groups excluding carboxylic acids is 2. The molecule has 1 unspecified atom stereocenters. The molecule has 2 N–H and O–H groups in total. The average molecular weight is 734 g/mol. The first kappa shape index (κ1) is 36.2. The maximum atomic E-state index is 16.5. The lowest BCUT2D eigenvalue weighted by atomic mass is 9.82. The van der Waals surface area contributed by atoms with Crippen LogP contribution in [0.15, 0.2) is 109 Å². The third-order valence-corrected chi connectivity index (χ3v) is 13.2. The molecule has 3 heterocycles. The number of aromatic nitrogens is 3. The quantitative estimate of drug-likeness (QED) is 0.104. The van der Waals surface area contributed by atoms with E-state index >= 15 is 4.11 Å². The molecular weight excluding hydrogens is 690 g/mol. The highest BCUT2D eigenvalue weighted by Gasteiger charge is 2.66. The minimum absolute atomic E-state index is 0.123. The Hall–Kier alpha value is -5.17. The molecule has 12 heteroatoms. The molecule has 1 saturated heterocycles. The number of fused-ring (bicyclic) bond motifs is 2. The van der Waals surface area contributed by atoms with Gasteiger partial charge in [0.1, 0.15) is 5.75 Å². The Morgan fingerprint density at radius 1 is 1.04 bits per heavy atom. The van der Waals surface area contributed by atoms with Crippen molar-refractivity contribution in [2.45, 2.75) is 62.7 Å². The third kappa shape index (κ3) is 6.89. The van der Waals surface area contributed by atoms with Crippen LogP contribution in [0.4, 0.5) is 15.5 Å². The van der Waals surface area contributed by atoms with E-state index < -0.39 is 31.6 Å². The SMILES string of the molecule is COc1ccc(C(=O)Nc2ccc3c(c2)[C@]2(O[C@@H](CCn4cc(C(CO)c5ccccc5)nn4)[C@H]([Si](C)(C)F)[C@H]2C)C(=O)N3Cc2ccccc2)cc1. The predicted octanol–water partition coefficient (Wildman–Crippen LogP) is 7.08. The number of aryl methyl sites for hydroxylation is 1. The van der Waals surface area contributed by atoms with Crippen molar-refractivity contribution in [3.63, 3.8) is 0 Å². The van der Waals surface area contributed by atoms with Crippen molar-refractivity contribution in [2.24, 2.45) is 5.92 Å². The number of halogens is 1. The van der Waals surface area contributed by atoms with Gasteiger partial charge in [-0.25, -0.2) is 0 Å². The highest BCUT2D eigenvalue weighted by atomic mass is 28.4. The van der Waals surface area contributed by atoms with E-state index in [-0.39, 0.29) is 24.3 Å². The highest BCUT2D eigenvalue weighted by Crippen LogP contribution is 2.60. The van der Waals surface area contributed by atoms with Gasteiger partial charge in [-0.05, 0) is 73.1 Å². The molecule has 0 saturated carbocycles. The number of amides is 2. The molecule has 2 aliphatic rings. The molecule has 10 nitrogen and oxygen atoms in total. The average Bonchev–Trinajstić information content (AvgIpc) is 3.82. The molecule has 2 aliphatic heterocycles. The van der Waals surface area contributed by atoms with Crippen molar-refractivity contribution in [1.82, 2.24) is 15.0 Å². The van der Waals surface area contributed by atoms with Gasteiger partial charge in [-0.2, -0.15) is 0 Å². The summed E-state index contributed by atoms with van der Waals surface area (Å²) in [6.07, 6.45) is 1.60. The zero-order valence-electron chi connectivity index (χ0n) is 30.3. The van der Waals surface area contributed by atoms with Crippen molar-refractivity contribution in [3.05, 3.63) is 137 Å². The van der Waals surface area contributed by atoms with Gasteiger partial charge in [-0.3, -0.25) is 14.3 Å². The fourth-order valence-electron chi connectivity index (χ4n) is 8.16. The maximum absolute atomic E-state index is 16.5.